The van der Waals surface area contributed by atoms with E-state index in [4.69, 9.17) is 33.3 Å². The van der Waals surface area contributed by atoms with Gasteiger partial charge >= 0.3 is 0 Å². The summed E-state index contributed by atoms with van der Waals surface area (Å²) in [6.45, 7) is 4.24. The number of nitrogens with one attached hydrogen (secondary N) is 2. The summed E-state index contributed by atoms with van der Waals surface area (Å²) >= 11 is 11.8. The summed E-state index contributed by atoms with van der Waals surface area (Å²) in [5, 5.41) is 5.30. The van der Waals surface area contributed by atoms with Crippen LogP contribution < -0.4 is 15.6 Å². The Labute approximate surface area is 197 Å². The van der Waals surface area contributed by atoms with E-state index in [1.54, 1.807) is 0 Å². The average molecular weight is 472 g/mol. The largest absolute Gasteiger partial charge is 0.494 e. The number of hydrogen-bond acceptors (Lipinski definition) is 4. The quantitative estimate of drug-likeness (QED) is 0.475. The fraction of sp³-hybridized carbons (Fsp3) is 0.333. The molecule has 1 aliphatic rings. The van der Waals surface area contributed by atoms with Crippen LogP contribution in [0.5, 0.6) is 5.75 Å². The van der Waals surface area contributed by atoms with E-state index in [2.05, 4.69) is 10.3 Å². The molecule has 32 heavy (non-hydrogen) atoms. The van der Waals surface area contributed by atoms with Gasteiger partial charge in [-0.1, -0.05) is 17.7 Å². The van der Waals surface area contributed by atoms with Crippen LogP contribution in [0.1, 0.15) is 25.3 Å². The van der Waals surface area contributed by atoms with Gasteiger partial charge in [-0.3, -0.25) is 4.79 Å². The molecule has 0 aliphatic carbocycles. The number of H-pyrrole nitrogens is 1. The number of rotatable bonds is 7. The fourth-order valence-corrected chi connectivity index (χ4v) is 4.28. The molecule has 1 fully saturated rings. The van der Waals surface area contributed by atoms with E-state index in [0.717, 1.165) is 41.8 Å². The highest BCUT2D eigenvalue weighted by Crippen LogP contribution is 2.21. The third-order valence-electron chi connectivity index (χ3n) is 5.38. The summed E-state index contributed by atoms with van der Waals surface area (Å²) < 4.78 is 11.4. The van der Waals surface area contributed by atoms with E-state index >= 15 is 0 Å². The molecular formula is C24H26ClN3O3S. The van der Waals surface area contributed by atoms with Crippen LogP contribution in [0.15, 0.2) is 53.3 Å². The number of fused-ring (bicyclic) bond motifs is 1. The molecule has 0 radical (unpaired) electrons. The molecule has 1 aliphatic heterocycles. The third-order valence-corrected chi connectivity index (χ3v) is 5.97. The lowest BCUT2D eigenvalue weighted by Crippen LogP contribution is -2.40. The predicted molar refractivity (Wildman–Crippen MR) is 133 cm³/mol. The molecule has 4 rings (SSSR count). The van der Waals surface area contributed by atoms with E-state index in [9.17, 15) is 4.79 Å². The van der Waals surface area contributed by atoms with Crippen molar-refractivity contribution in [3.8, 4) is 5.75 Å². The highest BCUT2D eigenvalue weighted by Gasteiger charge is 2.22. The Morgan fingerprint density at radius 2 is 2.19 bits per heavy atom. The van der Waals surface area contributed by atoms with Gasteiger partial charge in [-0.2, -0.15) is 0 Å². The predicted octanol–water partition coefficient (Wildman–Crippen LogP) is 4.96. The Hall–Kier alpha value is -2.61. The van der Waals surface area contributed by atoms with Gasteiger partial charge in [0.1, 0.15) is 5.75 Å². The Bertz CT molecular complexity index is 1160. The molecule has 1 atom stereocenters. The first kappa shape index (κ1) is 22.6. The Balaban J connectivity index is 1.60. The molecule has 0 spiro atoms. The number of pyridine rings is 1. The van der Waals surface area contributed by atoms with Gasteiger partial charge in [0.25, 0.3) is 5.56 Å². The average Bonchev–Trinajstić information content (AvgIpc) is 3.27. The molecule has 0 bridgehead atoms. The lowest BCUT2D eigenvalue weighted by atomic mass is 10.1. The maximum absolute atomic E-state index is 12.8. The van der Waals surface area contributed by atoms with Crippen LogP contribution in [0, 0.1) is 0 Å². The Morgan fingerprint density at radius 3 is 2.94 bits per heavy atom. The van der Waals surface area contributed by atoms with Crippen molar-refractivity contribution >= 4 is 45.5 Å². The van der Waals surface area contributed by atoms with Crippen LogP contribution in [0.25, 0.3) is 10.9 Å². The van der Waals surface area contributed by atoms with Crippen molar-refractivity contribution in [2.75, 3.05) is 25.1 Å². The lowest BCUT2D eigenvalue weighted by Gasteiger charge is -2.28. The SMILES string of the molecule is CCOc1ccc2[nH]c(=O)c(CN(C[C@@H]3CCCO3)C(=S)Nc3cccc(Cl)c3)cc2c1. The molecule has 1 aromatic heterocycles. The molecule has 2 N–H and O–H groups in total. The number of aromatic nitrogens is 1. The van der Waals surface area contributed by atoms with Gasteiger partial charge in [0.05, 0.1) is 19.3 Å². The maximum atomic E-state index is 12.8. The number of nitrogens with zero attached hydrogens (tertiary/aromatic N) is 1. The summed E-state index contributed by atoms with van der Waals surface area (Å²) in [5.74, 6) is 0.771. The molecular weight excluding hydrogens is 446 g/mol. The summed E-state index contributed by atoms with van der Waals surface area (Å²) in [7, 11) is 0. The third kappa shape index (κ3) is 5.59. The normalized spacial score (nSPS) is 15.6. The number of aromatic amines is 1. The highest BCUT2D eigenvalue weighted by molar-refractivity contribution is 7.80. The van der Waals surface area contributed by atoms with Crippen LogP contribution >= 0.6 is 23.8 Å². The lowest BCUT2D eigenvalue weighted by molar-refractivity contribution is 0.0904. The summed E-state index contributed by atoms with van der Waals surface area (Å²) in [4.78, 5) is 17.8. The Morgan fingerprint density at radius 1 is 1.31 bits per heavy atom. The molecule has 2 heterocycles. The minimum absolute atomic E-state index is 0.0817. The summed E-state index contributed by atoms with van der Waals surface area (Å²) in [6.07, 6.45) is 2.09. The van der Waals surface area contributed by atoms with Gasteiger partial charge in [-0.15, -0.1) is 0 Å². The first-order chi connectivity index (χ1) is 15.5. The second-order valence-electron chi connectivity index (χ2n) is 7.76. The topological polar surface area (TPSA) is 66.6 Å². The van der Waals surface area contributed by atoms with E-state index in [1.165, 1.54) is 0 Å². The smallest absolute Gasteiger partial charge is 0.253 e. The standard InChI is InChI=1S/C24H26ClN3O3S/c1-2-30-20-8-9-22-16(12-20)11-17(23(29)27-22)14-28(15-21-7-4-10-31-21)24(32)26-19-6-3-5-18(25)13-19/h3,5-6,8-9,11-13,21H,2,4,7,10,14-15H2,1H3,(H,26,32)(H,27,29)/t21-/m0/s1. The molecule has 8 heteroatoms. The zero-order valence-electron chi connectivity index (χ0n) is 17.9. The van der Waals surface area contributed by atoms with Crippen molar-refractivity contribution in [2.45, 2.75) is 32.4 Å². The van der Waals surface area contributed by atoms with Crippen molar-refractivity contribution < 1.29 is 9.47 Å². The zero-order chi connectivity index (χ0) is 22.5. The van der Waals surface area contributed by atoms with Crippen molar-refractivity contribution in [2.24, 2.45) is 0 Å². The van der Waals surface area contributed by atoms with Gasteiger partial charge in [-0.25, -0.2) is 0 Å². The minimum Gasteiger partial charge on any atom is -0.494 e. The van der Waals surface area contributed by atoms with Crippen molar-refractivity contribution in [1.82, 2.24) is 9.88 Å². The molecule has 0 saturated carbocycles. The molecule has 6 nitrogen and oxygen atoms in total. The molecule has 0 unspecified atom stereocenters. The van der Waals surface area contributed by atoms with Crippen LogP contribution in [0.4, 0.5) is 5.69 Å². The number of thiocarbonyl (C=S) groups is 1. The van der Waals surface area contributed by atoms with Crippen LogP contribution in [-0.4, -0.2) is 40.9 Å². The van der Waals surface area contributed by atoms with Crippen molar-refractivity contribution in [3.63, 3.8) is 0 Å². The molecule has 1 saturated heterocycles. The van der Waals surface area contributed by atoms with Crippen LogP contribution in [0.3, 0.4) is 0 Å². The van der Waals surface area contributed by atoms with Gasteiger partial charge in [0.2, 0.25) is 0 Å². The van der Waals surface area contributed by atoms with Crippen LogP contribution in [0.2, 0.25) is 5.02 Å². The number of ether oxygens (including phenoxy) is 2. The van der Waals surface area contributed by atoms with Gasteiger partial charge in [0, 0.05) is 40.3 Å². The number of hydrogen-bond donors (Lipinski definition) is 2. The van der Waals surface area contributed by atoms with E-state index in [-0.39, 0.29) is 11.7 Å². The van der Waals surface area contributed by atoms with E-state index < -0.39 is 0 Å². The molecule has 2 aromatic carbocycles. The fourth-order valence-electron chi connectivity index (χ4n) is 3.83. The van der Waals surface area contributed by atoms with Gasteiger partial charge in [-0.05, 0) is 74.4 Å². The Kier molecular flexibility index (Phi) is 7.29. The zero-order valence-corrected chi connectivity index (χ0v) is 19.5. The first-order valence-corrected chi connectivity index (χ1v) is 11.5. The van der Waals surface area contributed by atoms with E-state index in [1.807, 2.05) is 60.4 Å². The monoisotopic (exact) mass is 471 g/mol. The van der Waals surface area contributed by atoms with Crippen LogP contribution in [-0.2, 0) is 11.3 Å². The number of benzene rings is 2. The number of anilines is 1. The molecule has 3 aromatic rings. The van der Waals surface area contributed by atoms with Crippen molar-refractivity contribution in [3.05, 3.63) is 69.5 Å². The number of halogens is 1. The van der Waals surface area contributed by atoms with Gasteiger partial charge < -0.3 is 24.7 Å². The molecule has 0 amide bonds. The van der Waals surface area contributed by atoms with Crippen molar-refractivity contribution in [1.29, 1.82) is 0 Å². The van der Waals surface area contributed by atoms with Gasteiger partial charge in [0.15, 0.2) is 5.11 Å². The highest BCUT2D eigenvalue weighted by atomic mass is 35.5. The first-order valence-electron chi connectivity index (χ1n) is 10.7. The maximum Gasteiger partial charge on any atom is 0.253 e. The molecule has 168 valence electrons. The minimum atomic E-state index is -0.135. The van der Waals surface area contributed by atoms with E-state index in [0.29, 0.717) is 35.4 Å². The summed E-state index contributed by atoms with van der Waals surface area (Å²) in [5.41, 5.74) is 2.06. The summed E-state index contributed by atoms with van der Waals surface area (Å²) in [6, 6.07) is 15.0. The second-order valence-corrected chi connectivity index (χ2v) is 8.58. The second kappa shape index (κ2) is 10.3.